The van der Waals surface area contributed by atoms with Crippen LogP contribution >= 0.6 is 0 Å². The second-order valence-corrected chi connectivity index (χ2v) is 9.34. The van der Waals surface area contributed by atoms with Crippen molar-refractivity contribution in [2.45, 2.75) is 12.6 Å². The van der Waals surface area contributed by atoms with Gasteiger partial charge in [-0.05, 0) is 41.5 Å². The summed E-state index contributed by atoms with van der Waals surface area (Å²) in [6, 6.07) is 19.9. The van der Waals surface area contributed by atoms with Crippen LogP contribution in [0.4, 0.5) is 13.2 Å². The van der Waals surface area contributed by atoms with Crippen LogP contribution in [-0.2, 0) is 17.4 Å². The number of carbonyl (C=O) groups is 2. The number of piperazine rings is 1. The van der Waals surface area contributed by atoms with E-state index in [1.165, 1.54) is 19.2 Å². The zero-order valence-electron chi connectivity index (χ0n) is 21.2. The monoisotopic (exact) mass is 533 g/mol. The van der Waals surface area contributed by atoms with Crippen LogP contribution in [0.5, 0.6) is 5.75 Å². The van der Waals surface area contributed by atoms with Crippen molar-refractivity contribution in [3.8, 4) is 16.9 Å². The van der Waals surface area contributed by atoms with Gasteiger partial charge in [0.05, 0.1) is 30.2 Å². The Hall–Kier alpha value is -4.40. The molecule has 1 aliphatic rings. The molecule has 1 aliphatic heterocycles. The molecule has 1 aromatic heterocycles. The van der Waals surface area contributed by atoms with Gasteiger partial charge in [-0.1, -0.05) is 42.5 Å². The third-order valence-corrected chi connectivity index (χ3v) is 6.93. The molecule has 3 aromatic carbocycles. The standard InChI is InChI=1S/C30H26F3N3O3/c1-39-26-19-22(24-6-2-4-21-5-3-13-34-28(21)24)9-12-25(26)29(38)36-16-14-35(15-17-36)27(37)18-20-7-10-23(11-8-20)30(31,32)33/h2-13,19H,14-18H2,1H3. The van der Waals surface area contributed by atoms with Crippen LogP contribution in [0, 0.1) is 0 Å². The number of para-hydroxylation sites is 1. The molecule has 0 unspecified atom stereocenters. The van der Waals surface area contributed by atoms with Gasteiger partial charge in [-0.3, -0.25) is 14.6 Å². The summed E-state index contributed by atoms with van der Waals surface area (Å²) in [5.41, 5.74) is 2.87. The number of carbonyl (C=O) groups excluding carboxylic acids is 2. The van der Waals surface area contributed by atoms with E-state index in [4.69, 9.17) is 4.74 Å². The summed E-state index contributed by atoms with van der Waals surface area (Å²) >= 11 is 0. The van der Waals surface area contributed by atoms with Crippen molar-refractivity contribution in [2.75, 3.05) is 33.3 Å². The summed E-state index contributed by atoms with van der Waals surface area (Å²) in [4.78, 5) is 33.9. The Morgan fingerprint density at radius 3 is 2.28 bits per heavy atom. The van der Waals surface area contributed by atoms with Crippen LogP contribution in [0.3, 0.4) is 0 Å². The lowest BCUT2D eigenvalue weighted by atomic mass is 9.99. The number of aromatic nitrogens is 1. The van der Waals surface area contributed by atoms with Crippen LogP contribution in [0.25, 0.3) is 22.0 Å². The quantitative estimate of drug-likeness (QED) is 0.342. The first-order chi connectivity index (χ1) is 18.7. The van der Waals surface area contributed by atoms with Crippen molar-refractivity contribution in [1.82, 2.24) is 14.8 Å². The molecule has 1 saturated heterocycles. The van der Waals surface area contributed by atoms with Gasteiger partial charge in [0.1, 0.15) is 5.75 Å². The highest BCUT2D eigenvalue weighted by Gasteiger charge is 2.30. The van der Waals surface area contributed by atoms with E-state index in [9.17, 15) is 22.8 Å². The second-order valence-electron chi connectivity index (χ2n) is 9.34. The van der Waals surface area contributed by atoms with Crippen LogP contribution in [0.15, 0.2) is 79.0 Å². The Bertz CT molecular complexity index is 1510. The zero-order chi connectivity index (χ0) is 27.6. The van der Waals surface area contributed by atoms with E-state index in [1.807, 2.05) is 42.5 Å². The number of alkyl halides is 3. The van der Waals surface area contributed by atoms with E-state index in [0.717, 1.165) is 34.2 Å². The van der Waals surface area contributed by atoms with E-state index < -0.39 is 11.7 Å². The Kier molecular flexibility index (Phi) is 7.24. The highest BCUT2D eigenvalue weighted by molar-refractivity contribution is 5.99. The number of fused-ring (bicyclic) bond motifs is 1. The first-order valence-corrected chi connectivity index (χ1v) is 12.5. The van der Waals surface area contributed by atoms with Gasteiger partial charge >= 0.3 is 6.18 Å². The predicted octanol–water partition coefficient (Wildman–Crippen LogP) is 5.46. The number of amides is 2. The minimum absolute atomic E-state index is 0.00436. The molecule has 0 bridgehead atoms. The molecule has 2 heterocycles. The number of hydrogen-bond donors (Lipinski definition) is 0. The molecule has 0 N–H and O–H groups in total. The molecule has 1 fully saturated rings. The molecule has 9 heteroatoms. The van der Waals surface area contributed by atoms with Crippen LogP contribution in [-0.4, -0.2) is 59.9 Å². The van der Waals surface area contributed by atoms with Crippen molar-refractivity contribution in [2.24, 2.45) is 0 Å². The van der Waals surface area contributed by atoms with Gasteiger partial charge in [-0.2, -0.15) is 13.2 Å². The van der Waals surface area contributed by atoms with Crippen LogP contribution < -0.4 is 4.74 Å². The van der Waals surface area contributed by atoms with E-state index in [0.29, 0.717) is 43.1 Å². The van der Waals surface area contributed by atoms with Gasteiger partial charge in [0, 0.05) is 43.3 Å². The van der Waals surface area contributed by atoms with Crippen molar-refractivity contribution in [1.29, 1.82) is 0 Å². The number of pyridine rings is 1. The van der Waals surface area contributed by atoms with Gasteiger partial charge in [-0.15, -0.1) is 0 Å². The molecule has 6 nitrogen and oxygen atoms in total. The largest absolute Gasteiger partial charge is 0.496 e. The van der Waals surface area contributed by atoms with Crippen molar-refractivity contribution >= 4 is 22.7 Å². The molecule has 39 heavy (non-hydrogen) atoms. The maximum atomic E-state index is 13.4. The summed E-state index contributed by atoms with van der Waals surface area (Å²) in [5, 5.41) is 1.01. The summed E-state index contributed by atoms with van der Waals surface area (Å²) in [5.74, 6) is 0.0722. The molecule has 0 radical (unpaired) electrons. The van der Waals surface area contributed by atoms with Gasteiger partial charge in [0.15, 0.2) is 0 Å². The lowest BCUT2D eigenvalue weighted by Gasteiger charge is -2.35. The lowest BCUT2D eigenvalue weighted by Crippen LogP contribution is -2.51. The number of ether oxygens (including phenoxy) is 1. The van der Waals surface area contributed by atoms with Crippen molar-refractivity contribution < 1.29 is 27.5 Å². The van der Waals surface area contributed by atoms with E-state index in [-0.39, 0.29) is 18.2 Å². The SMILES string of the molecule is COc1cc(-c2cccc3cccnc23)ccc1C(=O)N1CCN(C(=O)Cc2ccc(C(F)(F)F)cc2)CC1. The molecule has 0 aliphatic carbocycles. The Morgan fingerprint density at radius 2 is 1.59 bits per heavy atom. The fourth-order valence-corrected chi connectivity index (χ4v) is 4.80. The third kappa shape index (κ3) is 5.57. The minimum Gasteiger partial charge on any atom is -0.496 e. The topological polar surface area (TPSA) is 62.7 Å². The average Bonchev–Trinajstić information content (AvgIpc) is 2.96. The molecule has 0 spiro atoms. The first kappa shape index (κ1) is 26.2. The van der Waals surface area contributed by atoms with Crippen molar-refractivity contribution in [3.63, 3.8) is 0 Å². The maximum Gasteiger partial charge on any atom is 0.416 e. The van der Waals surface area contributed by atoms with Crippen LogP contribution in [0.1, 0.15) is 21.5 Å². The lowest BCUT2D eigenvalue weighted by molar-refractivity contribution is -0.137. The van der Waals surface area contributed by atoms with Crippen molar-refractivity contribution in [3.05, 3.63) is 95.7 Å². The normalized spacial score (nSPS) is 13.9. The van der Waals surface area contributed by atoms with E-state index in [1.54, 1.807) is 22.1 Å². The Balaban J connectivity index is 1.24. The highest BCUT2D eigenvalue weighted by atomic mass is 19.4. The summed E-state index contributed by atoms with van der Waals surface area (Å²) in [7, 11) is 1.52. The Labute approximate surface area is 223 Å². The fraction of sp³-hybridized carbons (Fsp3) is 0.233. The second kappa shape index (κ2) is 10.8. The summed E-state index contributed by atoms with van der Waals surface area (Å²) in [6.07, 6.45) is -2.67. The number of benzene rings is 3. The number of rotatable bonds is 5. The number of nitrogens with zero attached hydrogens (tertiary/aromatic N) is 3. The zero-order valence-corrected chi connectivity index (χ0v) is 21.2. The van der Waals surface area contributed by atoms with Gasteiger partial charge < -0.3 is 14.5 Å². The molecule has 4 aromatic rings. The molecule has 200 valence electrons. The first-order valence-electron chi connectivity index (χ1n) is 12.5. The molecule has 0 atom stereocenters. The number of hydrogen-bond acceptors (Lipinski definition) is 4. The number of halogens is 3. The summed E-state index contributed by atoms with van der Waals surface area (Å²) < 4.78 is 43.9. The molecule has 2 amide bonds. The molecular weight excluding hydrogens is 507 g/mol. The van der Waals surface area contributed by atoms with E-state index in [2.05, 4.69) is 4.98 Å². The molecular formula is C30H26F3N3O3. The maximum absolute atomic E-state index is 13.4. The number of methoxy groups -OCH3 is 1. The van der Waals surface area contributed by atoms with Crippen LogP contribution in [0.2, 0.25) is 0 Å². The molecule has 5 rings (SSSR count). The van der Waals surface area contributed by atoms with Gasteiger partial charge in [-0.25, -0.2) is 0 Å². The molecule has 0 saturated carbocycles. The van der Waals surface area contributed by atoms with Gasteiger partial charge in [0.2, 0.25) is 5.91 Å². The van der Waals surface area contributed by atoms with E-state index >= 15 is 0 Å². The third-order valence-electron chi connectivity index (χ3n) is 6.93. The minimum atomic E-state index is -4.42. The average molecular weight is 534 g/mol. The summed E-state index contributed by atoms with van der Waals surface area (Å²) in [6.45, 7) is 1.37. The fourth-order valence-electron chi connectivity index (χ4n) is 4.80. The highest BCUT2D eigenvalue weighted by Crippen LogP contribution is 2.32. The van der Waals surface area contributed by atoms with Gasteiger partial charge in [0.25, 0.3) is 5.91 Å². The predicted molar refractivity (Wildman–Crippen MR) is 141 cm³/mol. The Morgan fingerprint density at radius 1 is 0.897 bits per heavy atom. The smallest absolute Gasteiger partial charge is 0.416 e.